The molecule has 3 heteroatoms. The smallest absolute Gasteiger partial charge is 0.209 e. The molecule has 0 aromatic carbocycles. The SMILES string of the molecule is C.CC.CC(C)(C)N1[B]CCC1.[W]. The molecule has 1 rings (SSSR count). The number of rotatable bonds is 0. The molecule has 0 spiro atoms. The van der Waals surface area contributed by atoms with Crippen molar-refractivity contribution in [2.75, 3.05) is 6.54 Å². The molecule has 79 valence electrons. The van der Waals surface area contributed by atoms with Crippen molar-refractivity contribution in [2.45, 2.75) is 60.3 Å². The first-order chi connectivity index (χ1) is 5.11. The van der Waals surface area contributed by atoms with Crippen LogP contribution in [0.2, 0.25) is 6.32 Å². The maximum absolute atomic E-state index is 2.42. The van der Waals surface area contributed by atoms with Crippen LogP contribution in [0.5, 0.6) is 0 Å². The molecule has 1 saturated heterocycles. The van der Waals surface area contributed by atoms with E-state index in [0.717, 1.165) is 0 Å². The van der Waals surface area contributed by atoms with Crippen LogP contribution < -0.4 is 0 Å². The van der Waals surface area contributed by atoms with Gasteiger partial charge in [-0.2, -0.15) is 0 Å². The van der Waals surface area contributed by atoms with Crippen molar-refractivity contribution in [1.29, 1.82) is 0 Å². The van der Waals surface area contributed by atoms with Gasteiger partial charge in [0.15, 0.2) is 0 Å². The van der Waals surface area contributed by atoms with Crippen LogP contribution >= 0.6 is 0 Å². The predicted molar refractivity (Wildman–Crippen MR) is 59.7 cm³/mol. The first kappa shape index (κ1) is 19.3. The van der Waals surface area contributed by atoms with E-state index in [-0.39, 0.29) is 28.5 Å². The second-order valence-corrected chi connectivity index (χ2v) is 3.69. The van der Waals surface area contributed by atoms with Crippen molar-refractivity contribution < 1.29 is 21.1 Å². The maximum atomic E-state index is 2.42. The number of hydrogen-bond acceptors (Lipinski definition) is 1. The molecule has 1 aliphatic heterocycles. The van der Waals surface area contributed by atoms with Gasteiger partial charge < -0.3 is 4.81 Å². The van der Waals surface area contributed by atoms with Crippen LogP contribution in [0.4, 0.5) is 0 Å². The minimum Gasteiger partial charge on any atom is -0.342 e. The fourth-order valence-electron chi connectivity index (χ4n) is 1.21. The first-order valence-corrected chi connectivity index (χ1v) is 4.71. The van der Waals surface area contributed by atoms with Crippen LogP contribution in [0.25, 0.3) is 0 Å². The van der Waals surface area contributed by atoms with E-state index in [9.17, 15) is 0 Å². The summed E-state index contributed by atoms with van der Waals surface area (Å²) in [6, 6.07) is 0. The Bertz CT molecular complexity index is 95.6. The van der Waals surface area contributed by atoms with E-state index in [1.165, 1.54) is 19.3 Å². The molecule has 1 heterocycles. The molecular formula is C10H25BNW. The molecule has 1 aliphatic rings. The third-order valence-electron chi connectivity index (χ3n) is 1.81. The Labute approximate surface area is 100 Å². The molecule has 0 unspecified atom stereocenters. The van der Waals surface area contributed by atoms with E-state index in [0.29, 0.717) is 5.54 Å². The second-order valence-electron chi connectivity index (χ2n) is 3.69. The second kappa shape index (κ2) is 9.28. The van der Waals surface area contributed by atoms with Gasteiger partial charge in [-0.3, -0.25) is 0 Å². The van der Waals surface area contributed by atoms with Crippen LogP contribution in [0.1, 0.15) is 48.5 Å². The Hall–Kier alpha value is 0.713. The normalized spacial score (nSPS) is 15.8. The van der Waals surface area contributed by atoms with Gasteiger partial charge in [0, 0.05) is 26.6 Å². The molecule has 1 nitrogen and oxygen atoms in total. The molecule has 0 atom stereocenters. The standard InChI is InChI=1S/C7H15BN.C2H6.CH4.W/c1-7(2,3)9-6-4-5-8-9;1-2;;/h4-6H2,1-3H3;1-2H3;1H4;. The topological polar surface area (TPSA) is 3.24 Å². The van der Waals surface area contributed by atoms with Crippen molar-refractivity contribution in [3.05, 3.63) is 0 Å². The minimum absolute atomic E-state index is 0. The molecule has 0 N–H and O–H groups in total. The summed E-state index contributed by atoms with van der Waals surface area (Å²) in [5.41, 5.74) is 0.358. The van der Waals surface area contributed by atoms with Crippen molar-refractivity contribution >= 4 is 7.41 Å². The number of hydrogen-bond donors (Lipinski definition) is 0. The average molecular weight is 354 g/mol. The van der Waals surface area contributed by atoms with Gasteiger partial charge >= 0.3 is 0 Å². The fourth-order valence-corrected chi connectivity index (χ4v) is 1.21. The van der Waals surface area contributed by atoms with E-state index in [2.05, 4.69) is 33.0 Å². The van der Waals surface area contributed by atoms with Crippen molar-refractivity contribution in [2.24, 2.45) is 0 Å². The molecule has 0 saturated carbocycles. The predicted octanol–water partition coefficient (Wildman–Crippen LogP) is 3.19. The quantitative estimate of drug-likeness (QED) is 0.604. The van der Waals surface area contributed by atoms with Gasteiger partial charge in [-0.25, -0.2) is 0 Å². The zero-order valence-electron chi connectivity index (χ0n) is 9.05. The molecule has 1 radical (unpaired) electrons. The van der Waals surface area contributed by atoms with Gasteiger partial charge in [-0.1, -0.05) is 27.6 Å². The largest absolute Gasteiger partial charge is 0.342 e. The third kappa shape index (κ3) is 7.76. The molecule has 13 heavy (non-hydrogen) atoms. The average Bonchev–Trinajstić information content (AvgIpc) is 2.40. The van der Waals surface area contributed by atoms with Gasteiger partial charge in [-0.15, -0.1) is 0 Å². The van der Waals surface area contributed by atoms with Gasteiger partial charge in [0.1, 0.15) is 0 Å². The molecule has 0 aromatic rings. The molecule has 1 fully saturated rings. The van der Waals surface area contributed by atoms with Gasteiger partial charge in [0.05, 0.1) is 0 Å². The summed E-state index contributed by atoms with van der Waals surface area (Å²) in [7, 11) is 2.32. The van der Waals surface area contributed by atoms with Crippen LogP contribution in [-0.4, -0.2) is 24.3 Å². The zero-order valence-corrected chi connectivity index (χ0v) is 12.0. The summed E-state index contributed by atoms with van der Waals surface area (Å²) in [6.07, 6.45) is 2.62. The van der Waals surface area contributed by atoms with Crippen LogP contribution in [0, 0.1) is 0 Å². The Kier molecular flexibility index (Phi) is 13.8. The Morgan fingerprint density at radius 1 is 1.15 bits per heavy atom. The van der Waals surface area contributed by atoms with E-state index in [1.54, 1.807) is 0 Å². The van der Waals surface area contributed by atoms with Crippen molar-refractivity contribution in [1.82, 2.24) is 4.81 Å². The van der Waals surface area contributed by atoms with E-state index >= 15 is 0 Å². The van der Waals surface area contributed by atoms with Crippen LogP contribution in [0.3, 0.4) is 0 Å². The van der Waals surface area contributed by atoms with Crippen molar-refractivity contribution in [3.63, 3.8) is 0 Å². The summed E-state index contributed by atoms with van der Waals surface area (Å²) in [5, 5.41) is 0. The maximum Gasteiger partial charge on any atom is 0.209 e. The molecule has 0 amide bonds. The Balaban J connectivity index is -0.000000234. The Morgan fingerprint density at radius 3 is 1.77 bits per heavy atom. The fraction of sp³-hybridized carbons (Fsp3) is 1.00. The van der Waals surface area contributed by atoms with E-state index < -0.39 is 0 Å². The third-order valence-corrected chi connectivity index (χ3v) is 1.81. The monoisotopic (exact) mass is 354 g/mol. The molecule has 0 aliphatic carbocycles. The van der Waals surface area contributed by atoms with E-state index in [4.69, 9.17) is 0 Å². The first-order valence-electron chi connectivity index (χ1n) is 4.71. The summed E-state index contributed by atoms with van der Waals surface area (Å²) in [4.78, 5) is 2.42. The molecule has 0 bridgehead atoms. The molecular weight excluding hydrogens is 329 g/mol. The summed E-state index contributed by atoms with van der Waals surface area (Å²) >= 11 is 0. The van der Waals surface area contributed by atoms with Gasteiger partial charge in [-0.05, 0) is 33.7 Å². The molecule has 0 aromatic heterocycles. The number of nitrogens with zero attached hydrogens (tertiary/aromatic N) is 1. The summed E-state index contributed by atoms with van der Waals surface area (Å²) in [6.45, 7) is 12.0. The van der Waals surface area contributed by atoms with Gasteiger partial charge in [0.25, 0.3) is 0 Å². The summed E-state index contributed by atoms with van der Waals surface area (Å²) < 4.78 is 0. The zero-order chi connectivity index (χ0) is 8.91. The van der Waals surface area contributed by atoms with Crippen LogP contribution in [0.15, 0.2) is 0 Å². The van der Waals surface area contributed by atoms with Gasteiger partial charge in [0.2, 0.25) is 7.41 Å². The van der Waals surface area contributed by atoms with Crippen LogP contribution in [-0.2, 0) is 21.1 Å². The van der Waals surface area contributed by atoms with E-state index in [1.807, 2.05) is 13.8 Å². The van der Waals surface area contributed by atoms with Crippen molar-refractivity contribution in [3.8, 4) is 0 Å². The minimum atomic E-state index is 0. The Morgan fingerprint density at radius 2 is 1.62 bits per heavy atom. The summed E-state index contributed by atoms with van der Waals surface area (Å²) in [5.74, 6) is 0.